The lowest BCUT2D eigenvalue weighted by atomic mass is 10.3. The highest BCUT2D eigenvalue weighted by molar-refractivity contribution is 5.92. The maximum absolute atomic E-state index is 12.0. The lowest BCUT2D eigenvalue weighted by Gasteiger charge is -2.04. The van der Waals surface area contributed by atoms with Crippen LogP contribution in [0.2, 0.25) is 0 Å². The van der Waals surface area contributed by atoms with Crippen molar-refractivity contribution in [2.75, 3.05) is 0 Å². The van der Waals surface area contributed by atoms with Crippen LogP contribution in [0.5, 0.6) is 0 Å². The first kappa shape index (κ1) is 12.2. The fourth-order valence-electron chi connectivity index (χ4n) is 1.57. The van der Waals surface area contributed by atoms with Gasteiger partial charge < -0.3 is 5.32 Å². The molecular formula is C10H15N7O. The van der Waals surface area contributed by atoms with Crippen LogP contribution in [0, 0.1) is 0 Å². The maximum atomic E-state index is 12.0. The van der Waals surface area contributed by atoms with Gasteiger partial charge in [0.2, 0.25) is 0 Å². The summed E-state index contributed by atoms with van der Waals surface area (Å²) in [6.45, 7) is 4.85. The van der Waals surface area contributed by atoms with E-state index >= 15 is 0 Å². The highest BCUT2D eigenvalue weighted by atomic mass is 16.2. The minimum Gasteiger partial charge on any atom is -0.343 e. The predicted molar refractivity (Wildman–Crippen MR) is 62.6 cm³/mol. The third kappa shape index (κ3) is 2.53. The molecule has 0 aromatic carbocycles. The minimum atomic E-state index is -0.186. The van der Waals surface area contributed by atoms with Gasteiger partial charge in [0.05, 0.1) is 12.2 Å². The van der Waals surface area contributed by atoms with Gasteiger partial charge in [-0.15, -0.1) is 10.2 Å². The number of carbonyl (C=O) groups excluding carboxylic acids is 1. The lowest BCUT2D eigenvalue weighted by molar-refractivity contribution is 0.0939. The zero-order chi connectivity index (χ0) is 13.0. The molecule has 8 nitrogen and oxygen atoms in total. The van der Waals surface area contributed by atoms with Gasteiger partial charge in [-0.2, -0.15) is 10.3 Å². The number of hydrogen-bond acceptors (Lipinski definition) is 5. The molecule has 2 aromatic rings. The second-order valence-corrected chi connectivity index (χ2v) is 3.70. The van der Waals surface area contributed by atoms with E-state index in [-0.39, 0.29) is 12.5 Å². The van der Waals surface area contributed by atoms with E-state index in [1.54, 1.807) is 10.7 Å². The van der Waals surface area contributed by atoms with Crippen LogP contribution in [0.15, 0.2) is 6.07 Å². The van der Waals surface area contributed by atoms with Gasteiger partial charge in [0, 0.05) is 6.54 Å². The molecule has 0 aliphatic rings. The molecule has 0 saturated carbocycles. The van der Waals surface area contributed by atoms with Crippen molar-refractivity contribution in [1.29, 1.82) is 0 Å². The van der Waals surface area contributed by atoms with Crippen LogP contribution in [-0.4, -0.2) is 36.3 Å². The van der Waals surface area contributed by atoms with Crippen LogP contribution < -0.4 is 5.32 Å². The summed E-state index contributed by atoms with van der Waals surface area (Å²) >= 11 is 0. The summed E-state index contributed by atoms with van der Waals surface area (Å²) in [7, 11) is 0. The summed E-state index contributed by atoms with van der Waals surface area (Å²) in [6, 6.07) is 1.80. The second-order valence-electron chi connectivity index (χ2n) is 3.70. The molecule has 8 heteroatoms. The maximum Gasteiger partial charge on any atom is 0.269 e. The molecule has 0 aliphatic carbocycles. The Balaban J connectivity index is 2.06. The Morgan fingerprint density at radius 3 is 2.94 bits per heavy atom. The van der Waals surface area contributed by atoms with Gasteiger partial charge in [0.1, 0.15) is 5.69 Å². The van der Waals surface area contributed by atoms with Crippen LogP contribution in [0.3, 0.4) is 0 Å². The lowest BCUT2D eigenvalue weighted by Crippen LogP contribution is -2.26. The van der Waals surface area contributed by atoms with E-state index < -0.39 is 0 Å². The Bertz CT molecular complexity index is 516. The third-order valence-corrected chi connectivity index (χ3v) is 2.52. The van der Waals surface area contributed by atoms with E-state index in [1.165, 1.54) is 0 Å². The number of aryl methyl sites for hydroxylation is 2. The van der Waals surface area contributed by atoms with Crippen molar-refractivity contribution in [1.82, 2.24) is 35.7 Å². The molecule has 18 heavy (non-hydrogen) atoms. The Kier molecular flexibility index (Phi) is 3.66. The number of hydrogen-bond donors (Lipinski definition) is 2. The van der Waals surface area contributed by atoms with Gasteiger partial charge in [-0.3, -0.25) is 9.48 Å². The molecule has 2 N–H and O–H groups in total. The van der Waals surface area contributed by atoms with Crippen LogP contribution in [0.25, 0.3) is 0 Å². The van der Waals surface area contributed by atoms with E-state index in [2.05, 4.69) is 31.0 Å². The first-order chi connectivity index (χ1) is 8.74. The molecule has 2 rings (SSSR count). The zero-order valence-electron chi connectivity index (χ0n) is 10.3. The quantitative estimate of drug-likeness (QED) is 0.771. The molecule has 1 amide bonds. The SMILES string of the molecule is CCc1cc(C(=O)NCc2nn[nH]n2)n(CC)n1. The Morgan fingerprint density at radius 1 is 1.50 bits per heavy atom. The number of amides is 1. The van der Waals surface area contributed by atoms with E-state index in [1.807, 2.05) is 13.8 Å². The highest BCUT2D eigenvalue weighted by Gasteiger charge is 2.14. The molecule has 0 radical (unpaired) electrons. The first-order valence-electron chi connectivity index (χ1n) is 5.81. The van der Waals surface area contributed by atoms with Crippen molar-refractivity contribution in [2.45, 2.75) is 33.4 Å². The van der Waals surface area contributed by atoms with Gasteiger partial charge in [-0.05, 0) is 19.4 Å². The molecule has 0 saturated heterocycles. The molecule has 0 bridgehead atoms. The highest BCUT2D eigenvalue weighted by Crippen LogP contribution is 2.05. The molecule has 2 heterocycles. The van der Waals surface area contributed by atoms with E-state index in [0.717, 1.165) is 12.1 Å². The molecule has 0 spiro atoms. The van der Waals surface area contributed by atoms with Gasteiger partial charge in [0.15, 0.2) is 5.82 Å². The monoisotopic (exact) mass is 249 g/mol. The van der Waals surface area contributed by atoms with Gasteiger partial charge >= 0.3 is 0 Å². The minimum absolute atomic E-state index is 0.186. The molecule has 0 aliphatic heterocycles. The number of aromatic amines is 1. The summed E-state index contributed by atoms with van der Waals surface area (Å²) in [4.78, 5) is 12.0. The first-order valence-corrected chi connectivity index (χ1v) is 5.81. The van der Waals surface area contributed by atoms with Gasteiger partial charge in [-0.1, -0.05) is 12.1 Å². The van der Waals surface area contributed by atoms with Gasteiger partial charge in [-0.25, -0.2) is 0 Å². The van der Waals surface area contributed by atoms with Crippen molar-refractivity contribution >= 4 is 5.91 Å². The van der Waals surface area contributed by atoms with Crippen LogP contribution in [0.1, 0.15) is 35.9 Å². The normalized spacial score (nSPS) is 10.6. The van der Waals surface area contributed by atoms with E-state index in [9.17, 15) is 4.79 Å². The number of rotatable bonds is 5. The predicted octanol–water partition coefficient (Wildman–Crippen LogP) is -0.0915. The van der Waals surface area contributed by atoms with Crippen molar-refractivity contribution in [3.8, 4) is 0 Å². The number of nitrogens with one attached hydrogen (secondary N) is 2. The average Bonchev–Trinajstić information content (AvgIpc) is 3.04. The van der Waals surface area contributed by atoms with Crippen molar-refractivity contribution in [3.63, 3.8) is 0 Å². The zero-order valence-corrected chi connectivity index (χ0v) is 10.3. The Hall–Kier alpha value is -2.25. The van der Waals surface area contributed by atoms with Crippen LogP contribution in [-0.2, 0) is 19.5 Å². The molecule has 96 valence electrons. The smallest absolute Gasteiger partial charge is 0.269 e. The van der Waals surface area contributed by atoms with Crippen molar-refractivity contribution < 1.29 is 4.79 Å². The summed E-state index contributed by atoms with van der Waals surface area (Å²) in [5.74, 6) is 0.260. The Labute approximate surface area is 104 Å². The molecule has 0 unspecified atom stereocenters. The van der Waals surface area contributed by atoms with Crippen LogP contribution in [0.4, 0.5) is 0 Å². The molecule has 0 atom stereocenters. The Morgan fingerprint density at radius 2 is 2.33 bits per heavy atom. The summed E-state index contributed by atoms with van der Waals surface area (Å²) < 4.78 is 1.68. The van der Waals surface area contributed by atoms with Gasteiger partial charge in [0.25, 0.3) is 5.91 Å². The fourth-order valence-corrected chi connectivity index (χ4v) is 1.57. The van der Waals surface area contributed by atoms with Crippen LogP contribution >= 0.6 is 0 Å². The number of H-pyrrole nitrogens is 1. The van der Waals surface area contributed by atoms with Crippen molar-refractivity contribution in [3.05, 3.63) is 23.3 Å². The number of carbonyl (C=O) groups is 1. The molecular weight excluding hydrogens is 234 g/mol. The van der Waals surface area contributed by atoms with E-state index in [0.29, 0.717) is 18.1 Å². The third-order valence-electron chi connectivity index (χ3n) is 2.52. The molecule has 0 fully saturated rings. The summed E-state index contributed by atoms with van der Waals surface area (Å²) in [6.07, 6.45) is 0.804. The topological polar surface area (TPSA) is 101 Å². The second kappa shape index (κ2) is 5.39. The average molecular weight is 249 g/mol. The standard InChI is InChI=1S/C10H15N7O/c1-3-7-5-8(17(4-2)14-7)10(18)11-6-9-12-15-16-13-9/h5H,3-4,6H2,1-2H3,(H,11,18)(H,12,13,15,16). The number of aromatic nitrogens is 6. The summed E-state index contributed by atoms with van der Waals surface area (Å²) in [5, 5.41) is 20.3. The fraction of sp³-hybridized carbons (Fsp3) is 0.500. The molecule has 2 aromatic heterocycles. The number of tetrazole rings is 1. The largest absolute Gasteiger partial charge is 0.343 e. The number of nitrogens with zero attached hydrogens (tertiary/aromatic N) is 5. The van der Waals surface area contributed by atoms with Crippen molar-refractivity contribution in [2.24, 2.45) is 0 Å². The van der Waals surface area contributed by atoms with E-state index in [4.69, 9.17) is 0 Å². The summed E-state index contributed by atoms with van der Waals surface area (Å²) in [5.41, 5.74) is 1.46.